The van der Waals surface area contributed by atoms with Crippen molar-refractivity contribution in [3.05, 3.63) is 45.4 Å². The van der Waals surface area contributed by atoms with Crippen molar-refractivity contribution in [2.75, 3.05) is 0 Å². The van der Waals surface area contributed by atoms with Gasteiger partial charge in [-0.15, -0.1) is 0 Å². The van der Waals surface area contributed by atoms with E-state index < -0.39 is 10.9 Å². The molecule has 0 saturated heterocycles. The molecular weight excluding hydrogens is 264 g/mol. The number of nitro groups is 1. The van der Waals surface area contributed by atoms with Gasteiger partial charge in [0.1, 0.15) is 12.4 Å². The van der Waals surface area contributed by atoms with Crippen molar-refractivity contribution >= 4 is 23.3 Å². The maximum Gasteiger partial charge on any atom is 0.337 e. The van der Waals surface area contributed by atoms with Gasteiger partial charge in [-0.05, 0) is 6.07 Å². The predicted molar refractivity (Wildman–Crippen MR) is 60.0 cm³/mol. The van der Waals surface area contributed by atoms with Crippen LogP contribution in [0.5, 0.6) is 0 Å². The third-order valence-electron chi connectivity index (χ3n) is 2.10. The number of hydrogen-bond acceptors (Lipinski definition) is 5. The molecule has 2 aromatic heterocycles. The Labute approximate surface area is 105 Å². The van der Waals surface area contributed by atoms with Crippen LogP contribution in [0.3, 0.4) is 0 Å². The number of halogens is 1. The minimum Gasteiger partial charge on any atom is -0.478 e. The van der Waals surface area contributed by atoms with Crippen LogP contribution >= 0.6 is 11.6 Å². The van der Waals surface area contributed by atoms with Gasteiger partial charge >= 0.3 is 11.7 Å². The number of aromatic carboxylic acids is 1. The minimum absolute atomic E-state index is 0.0182. The summed E-state index contributed by atoms with van der Waals surface area (Å²) < 4.78 is 1.05. The van der Waals surface area contributed by atoms with Crippen LogP contribution in [0.4, 0.5) is 5.69 Å². The molecule has 0 aliphatic carbocycles. The Morgan fingerprint density at radius 3 is 2.83 bits per heavy atom. The molecule has 0 bridgehead atoms. The smallest absolute Gasteiger partial charge is 0.337 e. The Morgan fingerprint density at radius 2 is 2.28 bits per heavy atom. The Bertz CT molecular complexity index is 639. The molecule has 0 radical (unpaired) electrons. The van der Waals surface area contributed by atoms with E-state index in [2.05, 4.69) is 10.1 Å². The van der Waals surface area contributed by atoms with Gasteiger partial charge in [0, 0.05) is 6.20 Å². The number of carbonyl (C=O) groups is 1. The lowest BCUT2D eigenvalue weighted by Gasteiger charge is -2.04. The van der Waals surface area contributed by atoms with Crippen molar-refractivity contribution in [1.82, 2.24) is 14.8 Å². The average Bonchev–Trinajstić information content (AvgIpc) is 2.78. The maximum atomic E-state index is 10.9. The van der Waals surface area contributed by atoms with Crippen LogP contribution in [0.2, 0.25) is 5.02 Å². The van der Waals surface area contributed by atoms with Gasteiger partial charge in [0.15, 0.2) is 5.82 Å². The van der Waals surface area contributed by atoms with E-state index in [1.807, 2.05) is 0 Å². The van der Waals surface area contributed by atoms with E-state index in [4.69, 9.17) is 16.7 Å². The number of rotatable bonds is 3. The molecule has 0 aliphatic rings. The minimum atomic E-state index is -1.22. The Balaban J connectivity index is 2.53. The molecule has 0 spiro atoms. The standard InChI is InChI=1S/C9H5ClN4O4/c10-7-6(9(15)16)1-2-11-8(7)13-4-5(3-12-13)14(17)18/h1-4H,(H,15,16). The summed E-state index contributed by atoms with van der Waals surface area (Å²) in [5, 5.41) is 23.0. The van der Waals surface area contributed by atoms with Crippen molar-refractivity contribution in [2.45, 2.75) is 0 Å². The number of nitrogens with zero attached hydrogens (tertiary/aromatic N) is 4. The largest absolute Gasteiger partial charge is 0.478 e. The summed E-state index contributed by atoms with van der Waals surface area (Å²) in [6, 6.07) is 1.23. The first-order valence-corrected chi connectivity index (χ1v) is 4.95. The number of hydrogen-bond donors (Lipinski definition) is 1. The Morgan fingerprint density at radius 1 is 1.56 bits per heavy atom. The van der Waals surface area contributed by atoms with Gasteiger partial charge in [-0.3, -0.25) is 10.1 Å². The van der Waals surface area contributed by atoms with Crippen LogP contribution in [0.15, 0.2) is 24.7 Å². The van der Waals surface area contributed by atoms with Gasteiger partial charge in [-0.25, -0.2) is 14.5 Å². The molecule has 0 fully saturated rings. The van der Waals surface area contributed by atoms with Crippen LogP contribution in [-0.4, -0.2) is 30.8 Å². The molecule has 0 atom stereocenters. The number of carboxylic acids is 1. The SMILES string of the molecule is O=C(O)c1ccnc(-n2cc([N+](=O)[O-])cn2)c1Cl. The molecular formula is C9H5ClN4O4. The molecule has 0 unspecified atom stereocenters. The summed E-state index contributed by atoms with van der Waals surface area (Å²) in [4.78, 5) is 24.6. The second-order valence-electron chi connectivity index (χ2n) is 3.20. The third kappa shape index (κ3) is 2.00. The zero-order valence-electron chi connectivity index (χ0n) is 8.65. The molecule has 92 valence electrons. The van der Waals surface area contributed by atoms with Gasteiger partial charge in [-0.1, -0.05) is 11.6 Å². The van der Waals surface area contributed by atoms with E-state index >= 15 is 0 Å². The highest BCUT2D eigenvalue weighted by molar-refractivity contribution is 6.35. The van der Waals surface area contributed by atoms with Crippen molar-refractivity contribution in [3.8, 4) is 5.82 Å². The van der Waals surface area contributed by atoms with Gasteiger partial charge in [-0.2, -0.15) is 5.10 Å². The van der Waals surface area contributed by atoms with Crippen molar-refractivity contribution < 1.29 is 14.8 Å². The fourth-order valence-corrected chi connectivity index (χ4v) is 1.56. The van der Waals surface area contributed by atoms with Crippen LogP contribution in [0.25, 0.3) is 5.82 Å². The zero-order chi connectivity index (χ0) is 13.3. The number of carboxylic acid groups (broad SMARTS) is 1. The summed E-state index contributed by atoms with van der Waals surface area (Å²) in [6.45, 7) is 0. The molecule has 2 heterocycles. The summed E-state index contributed by atoms with van der Waals surface area (Å²) in [5.41, 5.74) is -0.395. The van der Waals surface area contributed by atoms with Crippen molar-refractivity contribution in [3.63, 3.8) is 0 Å². The summed E-state index contributed by atoms with van der Waals surface area (Å²) in [5.74, 6) is -1.20. The lowest BCUT2D eigenvalue weighted by Crippen LogP contribution is -2.04. The number of pyridine rings is 1. The fraction of sp³-hybridized carbons (Fsp3) is 0. The number of aromatic nitrogens is 3. The van der Waals surface area contributed by atoms with Gasteiger partial charge < -0.3 is 5.11 Å². The molecule has 9 heteroatoms. The first-order chi connectivity index (χ1) is 8.50. The van der Waals surface area contributed by atoms with E-state index in [9.17, 15) is 14.9 Å². The quantitative estimate of drug-likeness (QED) is 0.667. The topological polar surface area (TPSA) is 111 Å². The highest BCUT2D eigenvalue weighted by atomic mass is 35.5. The van der Waals surface area contributed by atoms with Crippen LogP contribution < -0.4 is 0 Å². The summed E-state index contributed by atoms with van der Waals surface area (Å²) >= 11 is 5.85. The Hall–Kier alpha value is -2.48. The van der Waals surface area contributed by atoms with E-state index in [-0.39, 0.29) is 22.1 Å². The highest BCUT2D eigenvalue weighted by Gasteiger charge is 2.17. The average molecular weight is 269 g/mol. The third-order valence-corrected chi connectivity index (χ3v) is 2.47. The van der Waals surface area contributed by atoms with E-state index in [0.29, 0.717) is 0 Å². The molecule has 0 amide bonds. The molecule has 0 aromatic carbocycles. The summed E-state index contributed by atoms with van der Waals surface area (Å²) in [6.07, 6.45) is 3.35. The van der Waals surface area contributed by atoms with E-state index in [1.54, 1.807) is 0 Å². The highest BCUT2D eigenvalue weighted by Crippen LogP contribution is 2.23. The predicted octanol–water partition coefficient (Wildman–Crippen LogP) is 1.53. The van der Waals surface area contributed by atoms with Crippen molar-refractivity contribution in [1.29, 1.82) is 0 Å². The first kappa shape index (κ1) is 12.0. The molecule has 0 aliphatic heterocycles. The van der Waals surface area contributed by atoms with Gasteiger partial charge in [0.25, 0.3) is 0 Å². The van der Waals surface area contributed by atoms with Crippen molar-refractivity contribution in [2.24, 2.45) is 0 Å². The Kier molecular flexibility index (Phi) is 2.94. The fourth-order valence-electron chi connectivity index (χ4n) is 1.28. The van der Waals surface area contributed by atoms with Crippen LogP contribution in [0, 0.1) is 10.1 Å². The first-order valence-electron chi connectivity index (χ1n) is 4.58. The monoisotopic (exact) mass is 268 g/mol. The van der Waals surface area contributed by atoms with E-state index in [1.165, 1.54) is 12.3 Å². The molecule has 8 nitrogen and oxygen atoms in total. The maximum absolute atomic E-state index is 10.9. The van der Waals surface area contributed by atoms with Crippen LogP contribution in [-0.2, 0) is 0 Å². The van der Waals surface area contributed by atoms with E-state index in [0.717, 1.165) is 17.1 Å². The van der Waals surface area contributed by atoms with Crippen LogP contribution in [0.1, 0.15) is 10.4 Å². The summed E-state index contributed by atoms with van der Waals surface area (Å²) in [7, 11) is 0. The normalized spacial score (nSPS) is 10.3. The van der Waals surface area contributed by atoms with Gasteiger partial charge in [0.2, 0.25) is 0 Å². The lowest BCUT2D eigenvalue weighted by atomic mass is 10.2. The molecule has 0 saturated carbocycles. The lowest BCUT2D eigenvalue weighted by molar-refractivity contribution is -0.384. The second kappa shape index (κ2) is 4.41. The molecule has 18 heavy (non-hydrogen) atoms. The molecule has 2 aromatic rings. The second-order valence-corrected chi connectivity index (χ2v) is 3.58. The zero-order valence-corrected chi connectivity index (χ0v) is 9.40. The van der Waals surface area contributed by atoms with Gasteiger partial charge in [0.05, 0.1) is 15.5 Å². The molecule has 2 rings (SSSR count). The molecule has 1 N–H and O–H groups in total.